The van der Waals surface area contributed by atoms with Crippen molar-refractivity contribution >= 4 is 33.4 Å². The smallest absolute Gasteiger partial charge is 0.246 e. The average molecular weight is 475 g/mol. The number of sulfonamides is 1. The molecule has 1 aromatic heterocycles. The standard InChI is InChI=1S/C22H26N4O4S2/c1-15-18(12-16-8-6-5-7-9-16)25-22(23-15)31-14-21(27)24-17-10-11-19(30-4)20(13-17)32(28,29)26(2)3/h5-11,13H,12,14H2,1-4H3,(H,23,25)(H,24,27). The van der Waals surface area contributed by atoms with Crippen LogP contribution in [0.15, 0.2) is 58.6 Å². The third kappa shape index (κ3) is 5.70. The maximum absolute atomic E-state index is 12.5. The minimum Gasteiger partial charge on any atom is -0.495 e. The third-order valence-corrected chi connectivity index (χ3v) is 7.43. The quantitative estimate of drug-likeness (QED) is 0.461. The van der Waals surface area contributed by atoms with Crippen molar-refractivity contribution < 1.29 is 17.9 Å². The number of hydrogen-bond acceptors (Lipinski definition) is 6. The molecule has 0 bridgehead atoms. The monoisotopic (exact) mass is 474 g/mol. The number of aromatic amines is 1. The summed E-state index contributed by atoms with van der Waals surface area (Å²) < 4.78 is 31.3. The lowest BCUT2D eigenvalue weighted by molar-refractivity contribution is -0.113. The van der Waals surface area contributed by atoms with Crippen LogP contribution in [0, 0.1) is 6.92 Å². The minimum atomic E-state index is -3.72. The lowest BCUT2D eigenvalue weighted by atomic mass is 10.1. The number of carbonyl (C=O) groups is 1. The summed E-state index contributed by atoms with van der Waals surface area (Å²) in [5, 5.41) is 3.40. The summed E-state index contributed by atoms with van der Waals surface area (Å²) in [6.45, 7) is 1.96. The van der Waals surface area contributed by atoms with Crippen molar-refractivity contribution in [1.29, 1.82) is 0 Å². The number of carbonyl (C=O) groups excluding carboxylic acids is 1. The molecule has 0 spiro atoms. The van der Waals surface area contributed by atoms with Gasteiger partial charge in [0.15, 0.2) is 5.16 Å². The molecule has 2 aromatic carbocycles. The van der Waals surface area contributed by atoms with E-state index in [2.05, 4.69) is 15.3 Å². The van der Waals surface area contributed by atoms with Crippen molar-refractivity contribution in [3.8, 4) is 5.75 Å². The first-order valence-corrected chi connectivity index (χ1v) is 12.3. The number of amides is 1. The highest BCUT2D eigenvalue weighted by atomic mass is 32.2. The van der Waals surface area contributed by atoms with Gasteiger partial charge in [0.2, 0.25) is 15.9 Å². The van der Waals surface area contributed by atoms with Gasteiger partial charge in [0, 0.05) is 31.9 Å². The van der Waals surface area contributed by atoms with Gasteiger partial charge in [-0.1, -0.05) is 42.1 Å². The second kappa shape index (κ2) is 10.2. The largest absolute Gasteiger partial charge is 0.495 e. The molecule has 2 N–H and O–H groups in total. The van der Waals surface area contributed by atoms with E-state index >= 15 is 0 Å². The molecule has 1 heterocycles. The molecule has 10 heteroatoms. The molecule has 32 heavy (non-hydrogen) atoms. The lowest BCUT2D eigenvalue weighted by Crippen LogP contribution is -2.23. The maximum Gasteiger partial charge on any atom is 0.246 e. The third-order valence-electron chi connectivity index (χ3n) is 4.72. The van der Waals surface area contributed by atoms with E-state index in [1.807, 2.05) is 37.3 Å². The number of anilines is 1. The molecule has 0 aliphatic rings. The number of aromatic nitrogens is 2. The molecule has 8 nitrogen and oxygen atoms in total. The van der Waals surface area contributed by atoms with E-state index in [0.717, 1.165) is 15.7 Å². The fourth-order valence-electron chi connectivity index (χ4n) is 2.98. The highest BCUT2D eigenvalue weighted by molar-refractivity contribution is 7.99. The predicted octanol–water partition coefficient (Wildman–Crippen LogP) is 3.30. The summed E-state index contributed by atoms with van der Waals surface area (Å²) in [4.78, 5) is 20.3. The van der Waals surface area contributed by atoms with Crippen molar-refractivity contribution in [2.45, 2.75) is 23.4 Å². The topological polar surface area (TPSA) is 104 Å². The highest BCUT2D eigenvalue weighted by Gasteiger charge is 2.23. The number of nitrogens with zero attached hydrogens (tertiary/aromatic N) is 2. The molecule has 0 aliphatic carbocycles. The van der Waals surface area contributed by atoms with Gasteiger partial charge in [-0.25, -0.2) is 17.7 Å². The van der Waals surface area contributed by atoms with E-state index in [-0.39, 0.29) is 22.3 Å². The van der Waals surface area contributed by atoms with Gasteiger partial charge in [-0.05, 0) is 30.7 Å². The normalized spacial score (nSPS) is 11.5. The van der Waals surface area contributed by atoms with Gasteiger partial charge in [0.25, 0.3) is 0 Å². The molecule has 0 atom stereocenters. The van der Waals surface area contributed by atoms with Gasteiger partial charge in [0.1, 0.15) is 10.6 Å². The molecule has 0 saturated heterocycles. The Morgan fingerprint density at radius 2 is 1.91 bits per heavy atom. The molecule has 170 valence electrons. The van der Waals surface area contributed by atoms with Crippen LogP contribution >= 0.6 is 11.8 Å². The van der Waals surface area contributed by atoms with Crippen molar-refractivity contribution in [3.63, 3.8) is 0 Å². The van der Waals surface area contributed by atoms with E-state index in [1.165, 1.54) is 50.7 Å². The van der Waals surface area contributed by atoms with Crippen molar-refractivity contribution in [2.75, 3.05) is 32.3 Å². The van der Waals surface area contributed by atoms with Gasteiger partial charge >= 0.3 is 0 Å². The number of nitrogens with one attached hydrogen (secondary N) is 2. The van der Waals surface area contributed by atoms with Crippen LogP contribution in [-0.4, -0.2) is 55.6 Å². The predicted molar refractivity (Wildman–Crippen MR) is 126 cm³/mol. The average Bonchev–Trinajstić information content (AvgIpc) is 3.12. The van der Waals surface area contributed by atoms with Gasteiger partial charge in [0.05, 0.1) is 18.6 Å². The number of imidazole rings is 1. The molecule has 3 rings (SSSR count). The van der Waals surface area contributed by atoms with Crippen LogP contribution in [0.3, 0.4) is 0 Å². The van der Waals surface area contributed by atoms with Gasteiger partial charge in [-0.3, -0.25) is 4.79 Å². The van der Waals surface area contributed by atoms with Crippen LogP contribution in [0.1, 0.15) is 17.0 Å². The zero-order chi connectivity index (χ0) is 23.3. The van der Waals surface area contributed by atoms with Crippen LogP contribution in [-0.2, 0) is 21.2 Å². The molecule has 1 amide bonds. The summed E-state index contributed by atoms with van der Waals surface area (Å²) in [6.07, 6.45) is 0.713. The van der Waals surface area contributed by atoms with Crippen LogP contribution in [0.2, 0.25) is 0 Å². The van der Waals surface area contributed by atoms with Gasteiger partial charge in [-0.2, -0.15) is 0 Å². The van der Waals surface area contributed by atoms with Crippen molar-refractivity contribution in [2.24, 2.45) is 0 Å². The van der Waals surface area contributed by atoms with Crippen molar-refractivity contribution in [1.82, 2.24) is 14.3 Å². The zero-order valence-corrected chi connectivity index (χ0v) is 20.0. The highest BCUT2D eigenvalue weighted by Crippen LogP contribution is 2.29. The first-order valence-electron chi connectivity index (χ1n) is 9.83. The molecule has 0 fully saturated rings. The molecule has 0 radical (unpaired) electrons. The number of thioether (sulfide) groups is 1. The Kier molecular flexibility index (Phi) is 7.60. The molecule has 0 unspecified atom stereocenters. The van der Waals surface area contributed by atoms with Crippen LogP contribution in [0.4, 0.5) is 5.69 Å². The van der Waals surface area contributed by atoms with E-state index in [0.29, 0.717) is 17.3 Å². The van der Waals surface area contributed by atoms with E-state index in [9.17, 15) is 13.2 Å². The molecular weight excluding hydrogens is 448 g/mol. The Morgan fingerprint density at radius 1 is 1.19 bits per heavy atom. The minimum absolute atomic E-state index is 0.0114. The van der Waals surface area contributed by atoms with Crippen molar-refractivity contribution in [3.05, 3.63) is 65.5 Å². The summed E-state index contributed by atoms with van der Waals surface area (Å²) in [6, 6.07) is 14.6. The maximum atomic E-state index is 12.5. The molecule has 0 saturated carbocycles. The summed E-state index contributed by atoms with van der Waals surface area (Å²) in [5.41, 5.74) is 3.44. The fourth-order valence-corrected chi connectivity index (χ4v) is 4.80. The van der Waals surface area contributed by atoms with Crippen LogP contribution in [0.5, 0.6) is 5.75 Å². The summed E-state index contributed by atoms with van der Waals surface area (Å²) in [5.74, 6) is 0.0644. The van der Waals surface area contributed by atoms with E-state index in [4.69, 9.17) is 4.74 Å². The molecular formula is C22H26N4O4S2. The van der Waals surface area contributed by atoms with Gasteiger partial charge in [-0.15, -0.1) is 0 Å². The first-order chi connectivity index (χ1) is 15.2. The molecule has 3 aromatic rings. The van der Waals surface area contributed by atoms with Crippen LogP contribution < -0.4 is 10.1 Å². The second-order valence-electron chi connectivity index (χ2n) is 7.27. The second-order valence-corrected chi connectivity index (χ2v) is 10.4. The number of methoxy groups -OCH3 is 1. The first kappa shape index (κ1) is 23.8. The zero-order valence-electron chi connectivity index (χ0n) is 18.4. The Hall–Kier alpha value is -2.82. The fraction of sp³-hybridized carbons (Fsp3) is 0.273. The Bertz CT molecular complexity index is 1190. The number of benzene rings is 2. The number of aryl methyl sites for hydroxylation is 1. The molecule has 0 aliphatic heterocycles. The number of rotatable bonds is 9. The Labute approximate surface area is 192 Å². The number of H-pyrrole nitrogens is 1. The van der Waals surface area contributed by atoms with E-state index < -0.39 is 10.0 Å². The SMILES string of the molecule is COc1ccc(NC(=O)CSc2nc(Cc3ccccc3)c(C)[nH]2)cc1S(=O)(=O)N(C)C. The number of ether oxygens (including phenoxy) is 1. The Balaban J connectivity index is 1.65. The number of hydrogen-bond donors (Lipinski definition) is 2. The summed E-state index contributed by atoms with van der Waals surface area (Å²) >= 11 is 1.29. The Morgan fingerprint density at radius 3 is 2.56 bits per heavy atom. The van der Waals surface area contributed by atoms with Crippen LogP contribution in [0.25, 0.3) is 0 Å². The van der Waals surface area contributed by atoms with E-state index in [1.54, 1.807) is 6.07 Å². The van der Waals surface area contributed by atoms with Gasteiger partial charge < -0.3 is 15.0 Å². The lowest BCUT2D eigenvalue weighted by Gasteiger charge is -2.15. The summed E-state index contributed by atoms with van der Waals surface area (Å²) in [7, 11) is 0.552.